The van der Waals surface area contributed by atoms with Crippen molar-refractivity contribution in [3.05, 3.63) is 89.5 Å². The maximum atomic E-state index is 12.1. The van der Waals surface area contributed by atoms with Crippen LogP contribution in [0.3, 0.4) is 0 Å². The average Bonchev–Trinajstić information content (AvgIpc) is 2.62. The number of carbonyl (C=O) groups excluding carboxylic acids is 1. The van der Waals surface area contributed by atoms with E-state index in [0.29, 0.717) is 6.42 Å². The second-order valence-corrected chi connectivity index (χ2v) is 6.16. The van der Waals surface area contributed by atoms with Gasteiger partial charge in [0.2, 0.25) is 0 Å². The van der Waals surface area contributed by atoms with Crippen LogP contribution in [-0.4, -0.2) is 12.9 Å². The minimum atomic E-state index is 0.210. The highest BCUT2D eigenvalue weighted by atomic mass is 16.5. The summed E-state index contributed by atoms with van der Waals surface area (Å²) in [6, 6.07) is 18.4. The molecule has 3 rings (SSSR count). The maximum absolute atomic E-state index is 12.1. The third-order valence-corrected chi connectivity index (χ3v) is 4.39. The first kappa shape index (κ1) is 16.3. The fraction of sp³-hybridized carbons (Fsp3) is 0.227. The molecular formula is C22H22O2. The van der Waals surface area contributed by atoms with Gasteiger partial charge in [-0.3, -0.25) is 4.79 Å². The zero-order valence-corrected chi connectivity index (χ0v) is 13.9. The number of rotatable bonds is 5. The Bertz CT molecular complexity index is 739. The van der Waals surface area contributed by atoms with Gasteiger partial charge in [-0.1, -0.05) is 54.6 Å². The van der Waals surface area contributed by atoms with E-state index in [1.165, 1.54) is 11.1 Å². The zero-order chi connectivity index (χ0) is 16.8. The summed E-state index contributed by atoms with van der Waals surface area (Å²) in [5, 5.41) is 0. The lowest BCUT2D eigenvalue weighted by Gasteiger charge is -2.21. The molecule has 0 aliphatic heterocycles. The second kappa shape index (κ2) is 7.78. The molecule has 0 saturated heterocycles. The van der Waals surface area contributed by atoms with Crippen molar-refractivity contribution in [1.82, 2.24) is 0 Å². The van der Waals surface area contributed by atoms with Gasteiger partial charge in [0.05, 0.1) is 7.11 Å². The van der Waals surface area contributed by atoms with Gasteiger partial charge < -0.3 is 4.74 Å². The molecule has 24 heavy (non-hydrogen) atoms. The SMILES string of the molecule is COc1ccc(C2CC(=O)C=C(C=CCc3ccccc3)C2)cc1. The van der Waals surface area contributed by atoms with Crippen molar-refractivity contribution in [2.75, 3.05) is 7.11 Å². The van der Waals surface area contributed by atoms with Crippen LogP contribution in [0, 0.1) is 0 Å². The first-order chi connectivity index (χ1) is 11.7. The predicted octanol–water partition coefficient (Wildman–Crippen LogP) is 4.87. The number of ketones is 1. The summed E-state index contributed by atoms with van der Waals surface area (Å²) in [6.07, 6.45) is 8.41. The molecule has 0 bridgehead atoms. The first-order valence-electron chi connectivity index (χ1n) is 8.32. The monoisotopic (exact) mass is 318 g/mol. The molecule has 1 aliphatic rings. The van der Waals surface area contributed by atoms with E-state index < -0.39 is 0 Å². The molecule has 0 saturated carbocycles. The normalized spacial score (nSPS) is 17.8. The van der Waals surface area contributed by atoms with Crippen molar-refractivity contribution in [3.8, 4) is 5.75 Å². The third kappa shape index (κ3) is 4.23. The summed E-state index contributed by atoms with van der Waals surface area (Å²) in [6.45, 7) is 0. The number of hydrogen-bond donors (Lipinski definition) is 0. The van der Waals surface area contributed by atoms with E-state index in [1.54, 1.807) is 13.2 Å². The molecule has 1 atom stereocenters. The standard InChI is InChI=1S/C22H22O2/c1-24-22-12-10-19(11-13-22)20-14-18(15-21(23)16-20)9-5-8-17-6-3-2-4-7-17/h2-7,9-13,15,20H,8,14,16H2,1H3. The Morgan fingerprint density at radius 3 is 2.50 bits per heavy atom. The van der Waals surface area contributed by atoms with E-state index in [2.05, 4.69) is 36.4 Å². The molecule has 2 nitrogen and oxygen atoms in total. The smallest absolute Gasteiger partial charge is 0.156 e. The molecule has 0 N–H and O–H groups in total. The van der Waals surface area contributed by atoms with Gasteiger partial charge in [0.15, 0.2) is 5.78 Å². The van der Waals surface area contributed by atoms with Crippen molar-refractivity contribution in [2.24, 2.45) is 0 Å². The molecular weight excluding hydrogens is 296 g/mol. The van der Waals surface area contributed by atoms with Gasteiger partial charge >= 0.3 is 0 Å². The van der Waals surface area contributed by atoms with Crippen LogP contribution in [0.1, 0.15) is 29.9 Å². The van der Waals surface area contributed by atoms with Crippen molar-refractivity contribution in [1.29, 1.82) is 0 Å². The predicted molar refractivity (Wildman–Crippen MR) is 97.3 cm³/mol. The number of ether oxygens (including phenoxy) is 1. The van der Waals surface area contributed by atoms with E-state index in [4.69, 9.17) is 4.74 Å². The lowest BCUT2D eigenvalue weighted by Crippen LogP contribution is -2.12. The van der Waals surface area contributed by atoms with Crippen LogP contribution in [0.25, 0.3) is 0 Å². The van der Waals surface area contributed by atoms with Crippen LogP contribution in [-0.2, 0) is 11.2 Å². The molecule has 1 aliphatic carbocycles. The highest BCUT2D eigenvalue weighted by Crippen LogP contribution is 2.32. The van der Waals surface area contributed by atoms with Gasteiger partial charge in [-0.25, -0.2) is 0 Å². The van der Waals surface area contributed by atoms with Gasteiger partial charge in [-0.05, 0) is 53.7 Å². The van der Waals surface area contributed by atoms with E-state index >= 15 is 0 Å². The van der Waals surface area contributed by atoms with E-state index in [-0.39, 0.29) is 11.7 Å². The van der Waals surface area contributed by atoms with Crippen LogP contribution in [0.2, 0.25) is 0 Å². The lowest BCUT2D eigenvalue weighted by atomic mass is 9.83. The fourth-order valence-electron chi connectivity index (χ4n) is 3.11. The summed E-state index contributed by atoms with van der Waals surface area (Å²) in [5.74, 6) is 1.31. The van der Waals surface area contributed by atoms with Gasteiger partial charge in [-0.2, -0.15) is 0 Å². The number of carbonyl (C=O) groups is 1. The van der Waals surface area contributed by atoms with Crippen LogP contribution in [0.5, 0.6) is 5.75 Å². The molecule has 0 amide bonds. The Morgan fingerprint density at radius 1 is 1.04 bits per heavy atom. The molecule has 2 heteroatoms. The first-order valence-corrected chi connectivity index (χ1v) is 8.32. The molecule has 0 heterocycles. The van der Waals surface area contributed by atoms with Crippen molar-refractivity contribution < 1.29 is 9.53 Å². The molecule has 0 spiro atoms. The van der Waals surface area contributed by atoms with E-state index in [9.17, 15) is 4.79 Å². The topological polar surface area (TPSA) is 26.3 Å². The Hall–Kier alpha value is -2.61. The van der Waals surface area contributed by atoms with Crippen LogP contribution in [0.15, 0.2) is 78.4 Å². The molecule has 0 radical (unpaired) electrons. The van der Waals surface area contributed by atoms with Crippen LogP contribution >= 0.6 is 0 Å². The van der Waals surface area contributed by atoms with Crippen LogP contribution < -0.4 is 4.74 Å². The quantitative estimate of drug-likeness (QED) is 0.786. The lowest BCUT2D eigenvalue weighted by molar-refractivity contribution is -0.115. The van der Waals surface area contributed by atoms with E-state index in [0.717, 1.165) is 24.2 Å². The third-order valence-electron chi connectivity index (χ3n) is 4.39. The van der Waals surface area contributed by atoms with Crippen molar-refractivity contribution in [3.63, 3.8) is 0 Å². The number of hydrogen-bond acceptors (Lipinski definition) is 2. The highest BCUT2D eigenvalue weighted by Gasteiger charge is 2.21. The zero-order valence-electron chi connectivity index (χ0n) is 13.9. The number of benzene rings is 2. The summed E-state index contributed by atoms with van der Waals surface area (Å²) < 4.78 is 5.20. The molecule has 0 fully saturated rings. The molecule has 2 aromatic carbocycles. The van der Waals surface area contributed by atoms with Gasteiger partial charge in [0, 0.05) is 6.42 Å². The van der Waals surface area contributed by atoms with Gasteiger partial charge in [0.1, 0.15) is 5.75 Å². The van der Waals surface area contributed by atoms with Gasteiger partial charge in [0.25, 0.3) is 0 Å². The fourth-order valence-corrected chi connectivity index (χ4v) is 3.11. The molecule has 0 aromatic heterocycles. The van der Waals surface area contributed by atoms with Crippen LogP contribution in [0.4, 0.5) is 0 Å². The highest BCUT2D eigenvalue weighted by molar-refractivity contribution is 5.92. The van der Waals surface area contributed by atoms with Gasteiger partial charge in [-0.15, -0.1) is 0 Å². The largest absolute Gasteiger partial charge is 0.497 e. The van der Waals surface area contributed by atoms with Crippen molar-refractivity contribution >= 4 is 5.78 Å². The average molecular weight is 318 g/mol. The Balaban J connectivity index is 1.67. The molecule has 1 unspecified atom stereocenters. The Morgan fingerprint density at radius 2 is 1.79 bits per heavy atom. The summed E-state index contributed by atoms with van der Waals surface area (Å²) in [5.41, 5.74) is 3.59. The molecule has 122 valence electrons. The summed E-state index contributed by atoms with van der Waals surface area (Å²) in [7, 11) is 1.66. The minimum absolute atomic E-state index is 0.210. The minimum Gasteiger partial charge on any atom is -0.497 e. The Labute approximate surface area is 143 Å². The maximum Gasteiger partial charge on any atom is 0.156 e. The summed E-state index contributed by atoms with van der Waals surface area (Å²) >= 11 is 0. The second-order valence-electron chi connectivity index (χ2n) is 6.16. The molecule has 2 aromatic rings. The number of methoxy groups -OCH3 is 1. The van der Waals surface area contributed by atoms with E-state index in [1.807, 2.05) is 30.3 Å². The summed E-state index contributed by atoms with van der Waals surface area (Å²) in [4.78, 5) is 12.1. The van der Waals surface area contributed by atoms with Crippen molar-refractivity contribution in [2.45, 2.75) is 25.2 Å². The Kier molecular flexibility index (Phi) is 5.27. The number of allylic oxidation sites excluding steroid dienone is 4.